The molecule has 0 aromatic heterocycles. The number of nitrogens with zero attached hydrogens (tertiary/aromatic N) is 1. The number of nitrogens with one attached hydrogen (secondary N) is 1. The molecule has 2 aromatic carbocycles. The van der Waals surface area contributed by atoms with Crippen molar-refractivity contribution in [3.63, 3.8) is 0 Å². The summed E-state index contributed by atoms with van der Waals surface area (Å²) in [5.74, 6) is 0. The quantitative estimate of drug-likeness (QED) is 0.334. The third-order valence-electron chi connectivity index (χ3n) is 6.63. The first-order chi connectivity index (χ1) is 14.1. The van der Waals surface area contributed by atoms with Crippen LogP contribution in [0.25, 0.3) is 0 Å². The Morgan fingerprint density at radius 1 is 1.10 bits per heavy atom. The number of hydrogen-bond donors (Lipinski definition) is 1. The van der Waals surface area contributed by atoms with Gasteiger partial charge >= 0.3 is 0 Å². The second kappa shape index (κ2) is 9.00. The molecular weight excluding hydrogens is 392 g/mol. The maximum absolute atomic E-state index is 10.9. The number of benzene rings is 2. The first-order valence-corrected chi connectivity index (χ1v) is 13.7. The Kier molecular flexibility index (Phi) is 6.80. The molecule has 0 spiro atoms. The van der Waals surface area contributed by atoms with Gasteiger partial charge in [-0.3, -0.25) is 10.1 Å². The highest BCUT2D eigenvalue weighted by Crippen LogP contribution is 2.42. The fraction of sp³-hybridized carbons (Fsp3) is 0.500. The molecule has 0 bridgehead atoms. The maximum Gasteiger partial charge on any atom is 0.269 e. The molecule has 30 heavy (non-hydrogen) atoms. The monoisotopic (exact) mass is 426 g/mol. The third kappa shape index (κ3) is 5.36. The minimum atomic E-state index is -1.94. The molecule has 0 amide bonds. The SMILES string of the molecule is CC(C)(C)[Si](C)(C)O[C@H](c1ccccc1)[C@H]1CC[C@H](Cc2ccc([N+](=O)[O-])cc2)N1. The largest absolute Gasteiger partial charge is 0.408 e. The molecule has 1 saturated heterocycles. The zero-order valence-electron chi connectivity index (χ0n) is 18.7. The van der Waals surface area contributed by atoms with Gasteiger partial charge in [-0.25, -0.2) is 0 Å². The molecule has 0 unspecified atom stereocenters. The Morgan fingerprint density at radius 3 is 2.30 bits per heavy atom. The van der Waals surface area contributed by atoms with E-state index in [1.807, 2.05) is 18.2 Å². The molecule has 3 rings (SSSR count). The summed E-state index contributed by atoms with van der Waals surface area (Å²) in [6, 6.07) is 18.1. The van der Waals surface area contributed by atoms with E-state index in [4.69, 9.17) is 4.43 Å². The van der Waals surface area contributed by atoms with Gasteiger partial charge in [-0.05, 0) is 48.5 Å². The molecule has 0 aliphatic carbocycles. The van der Waals surface area contributed by atoms with Crippen LogP contribution < -0.4 is 5.32 Å². The van der Waals surface area contributed by atoms with Gasteiger partial charge in [-0.1, -0.05) is 63.2 Å². The van der Waals surface area contributed by atoms with Crippen LogP contribution in [-0.2, 0) is 10.8 Å². The third-order valence-corrected chi connectivity index (χ3v) is 11.1. The van der Waals surface area contributed by atoms with Crippen molar-refractivity contribution in [3.8, 4) is 0 Å². The van der Waals surface area contributed by atoms with Crippen molar-refractivity contribution in [2.24, 2.45) is 0 Å². The van der Waals surface area contributed by atoms with Crippen LogP contribution in [0.4, 0.5) is 5.69 Å². The van der Waals surface area contributed by atoms with Gasteiger partial charge in [0.05, 0.1) is 11.0 Å². The Hall–Kier alpha value is -2.02. The van der Waals surface area contributed by atoms with Gasteiger partial charge in [-0.15, -0.1) is 0 Å². The van der Waals surface area contributed by atoms with E-state index in [-0.39, 0.29) is 27.8 Å². The molecule has 6 heteroatoms. The van der Waals surface area contributed by atoms with Crippen LogP contribution in [-0.4, -0.2) is 25.3 Å². The summed E-state index contributed by atoms with van der Waals surface area (Å²) in [5.41, 5.74) is 2.50. The maximum atomic E-state index is 10.9. The first-order valence-electron chi connectivity index (χ1n) is 10.8. The molecule has 3 atom stereocenters. The van der Waals surface area contributed by atoms with Gasteiger partial charge in [0.25, 0.3) is 5.69 Å². The number of non-ortho nitro benzene ring substituents is 1. The van der Waals surface area contributed by atoms with Crippen molar-refractivity contribution < 1.29 is 9.35 Å². The predicted molar refractivity (Wildman–Crippen MR) is 124 cm³/mol. The highest BCUT2D eigenvalue weighted by atomic mass is 28.4. The Morgan fingerprint density at radius 2 is 1.73 bits per heavy atom. The van der Waals surface area contributed by atoms with Crippen LogP contribution >= 0.6 is 0 Å². The van der Waals surface area contributed by atoms with E-state index in [0.717, 1.165) is 24.8 Å². The molecule has 1 fully saturated rings. The van der Waals surface area contributed by atoms with E-state index in [2.05, 4.69) is 63.4 Å². The summed E-state index contributed by atoms with van der Waals surface area (Å²) in [4.78, 5) is 10.5. The minimum Gasteiger partial charge on any atom is -0.408 e. The summed E-state index contributed by atoms with van der Waals surface area (Å²) in [6.07, 6.45) is 3.04. The molecule has 1 aliphatic heterocycles. The average molecular weight is 427 g/mol. The van der Waals surface area contributed by atoms with Gasteiger partial charge in [-0.2, -0.15) is 0 Å². The lowest BCUT2D eigenvalue weighted by Gasteiger charge is -2.41. The van der Waals surface area contributed by atoms with E-state index >= 15 is 0 Å². The topological polar surface area (TPSA) is 64.4 Å². The molecule has 2 aromatic rings. The van der Waals surface area contributed by atoms with Crippen molar-refractivity contribution in [1.82, 2.24) is 5.32 Å². The number of nitro groups is 1. The fourth-order valence-corrected chi connectivity index (χ4v) is 5.10. The minimum absolute atomic E-state index is 0.0361. The predicted octanol–water partition coefficient (Wildman–Crippen LogP) is 6.02. The lowest BCUT2D eigenvalue weighted by atomic mass is 10.0. The van der Waals surface area contributed by atoms with Crippen LogP contribution in [0.2, 0.25) is 18.1 Å². The van der Waals surface area contributed by atoms with E-state index in [9.17, 15) is 10.1 Å². The first kappa shape index (κ1) is 22.7. The molecule has 0 radical (unpaired) electrons. The van der Waals surface area contributed by atoms with Crippen LogP contribution in [0.15, 0.2) is 54.6 Å². The summed E-state index contributed by atoms with van der Waals surface area (Å²) < 4.78 is 6.91. The number of nitro benzene ring substituents is 1. The van der Waals surface area contributed by atoms with E-state index in [1.165, 1.54) is 5.56 Å². The summed E-state index contributed by atoms with van der Waals surface area (Å²) >= 11 is 0. The van der Waals surface area contributed by atoms with Crippen LogP contribution in [0.5, 0.6) is 0 Å². The molecule has 5 nitrogen and oxygen atoms in total. The summed E-state index contributed by atoms with van der Waals surface area (Å²) in [7, 11) is -1.94. The molecule has 1 N–H and O–H groups in total. The van der Waals surface area contributed by atoms with Gasteiger partial charge in [0.1, 0.15) is 0 Å². The van der Waals surface area contributed by atoms with Gasteiger partial charge in [0, 0.05) is 24.2 Å². The molecule has 1 aliphatic rings. The Bertz CT molecular complexity index is 847. The summed E-state index contributed by atoms with van der Waals surface area (Å²) in [6.45, 7) is 11.5. The van der Waals surface area contributed by atoms with E-state index in [1.54, 1.807) is 12.1 Å². The Balaban J connectivity index is 1.73. The van der Waals surface area contributed by atoms with Gasteiger partial charge in [0.15, 0.2) is 8.32 Å². The van der Waals surface area contributed by atoms with Crippen molar-refractivity contribution in [3.05, 3.63) is 75.8 Å². The standard InChI is InChI=1S/C24H34N2O3Si/c1-24(2,3)30(4,5)29-23(19-9-7-6-8-10-19)22-16-13-20(25-22)17-18-11-14-21(15-12-18)26(27)28/h6-12,14-15,20,22-23,25H,13,16-17H2,1-5H3/t20-,22-,23-/m1/s1. The second-order valence-corrected chi connectivity index (χ2v) is 14.6. The normalized spacial score (nSPS) is 20.8. The Labute approximate surface area is 181 Å². The molecule has 1 heterocycles. The smallest absolute Gasteiger partial charge is 0.269 e. The zero-order chi connectivity index (χ0) is 21.9. The fourth-order valence-electron chi connectivity index (χ4n) is 3.81. The van der Waals surface area contributed by atoms with Gasteiger partial charge in [0.2, 0.25) is 0 Å². The lowest BCUT2D eigenvalue weighted by Crippen LogP contribution is -2.46. The molecule has 162 valence electrons. The molecular formula is C24H34N2O3Si. The van der Waals surface area contributed by atoms with Crippen LogP contribution in [0.1, 0.15) is 50.8 Å². The number of rotatable bonds is 7. The highest BCUT2D eigenvalue weighted by molar-refractivity contribution is 6.74. The molecule has 0 saturated carbocycles. The van der Waals surface area contributed by atoms with E-state index in [0.29, 0.717) is 6.04 Å². The van der Waals surface area contributed by atoms with Gasteiger partial charge < -0.3 is 9.74 Å². The van der Waals surface area contributed by atoms with Crippen molar-refractivity contribution in [2.75, 3.05) is 0 Å². The lowest BCUT2D eigenvalue weighted by molar-refractivity contribution is -0.384. The van der Waals surface area contributed by atoms with Crippen LogP contribution in [0, 0.1) is 10.1 Å². The zero-order valence-corrected chi connectivity index (χ0v) is 19.7. The van der Waals surface area contributed by atoms with Crippen molar-refractivity contribution in [2.45, 2.75) is 76.4 Å². The summed E-state index contributed by atoms with van der Waals surface area (Å²) in [5, 5.41) is 14.8. The highest BCUT2D eigenvalue weighted by Gasteiger charge is 2.42. The van der Waals surface area contributed by atoms with E-state index < -0.39 is 8.32 Å². The number of hydrogen-bond acceptors (Lipinski definition) is 4. The van der Waals surface area contributed by atoms with Crippen molar-refractivity contribution in [1.29, 1.82) is 0 Å². The van der Waals surface area contributed by atoms with Crippen LogP contribution in [0.3, 0.4) is 0 Å². The van der Waals surface area contributed by atoms with Crippen molar-refractivity contribution >= 4 is 14.0 Å². The average Bonchev–Trinajstić information content (AvgIpc) is 3.14. The second-order valence-electron chi connectivity index (χ2n) is 9.88.